The van der Waals surface area contributed by atoms with Crippen LogP contribution in [0.3, 0.4) is 0 Å². The van der Waals surface area contributed by atoms with Crippen LogP contribution >= 0.6 is 0 Å². The van der Waals surface area contributed by atoms with E-state index in [4.69, 9.17) is 9.31 Å². The average molecular weight is 258 g/mol. The Hall–Kier alpha value is -1.33. The van der Waals surface area contributed by atoms with Gasteiger partial charge in [0, 0.05) is 7.05 Å². The molecule has 0 atom stereocenters. The summed E-state index contributed by atoms with van der Waals surface area (Å²) in [6, 6.07) is 8.06. The van der Waals surface area contributed by atoms with Crippen molar-refractivity contribution in [3.63, 3.8) is 0 Å². The Morgan fingerprint density at radius 2 is 1.63 bits per heavy atom. The molecule has 2 heterocycles. The van der Waals surface area contributed by atoms with Gasteiger partial charge in [-0.2, -0.15) is 0 Å². The minimum absolute atomic E-state index is 0.337. The molecule has 0 amide bonds. The molecule has 0 radical (unpaired) electrons. The zero-order valence-corrected chi connectivity index (χ0v) is 12.1. The van der Waals surface area contributed by atoms with Crippen LogP contribution in [-0.4, -0.2) is 27.9 Å². The summed E-state index contributed by atoms with van der Waals surface area (Å²) in [6.45, 7) is 8.20. The molecule has 0 aliphatic carbocycles. The van der Waals surface area contributed by atoms with Crippen molar-refractivity contribution < 1.29 is 9.31 Å². The number of aryl methyl sites for hydroxylation is 1. The first-order valence-electron chi connectivity index (χ1n) is 6.59. The molecule has 3 rings (SSSR count). The Kier molecular flexibility index (Phi) is 2.56. The predicted molar refractivity (Wildman–Crippen MR) is 76.4 cm³/mol. The average Bonchev–Trinajstić information content (AvgIpc) is 2.76. The van der Waals surface area contributed by atoms with Crippen molar-refractivity contribution in [2.75, 3.05) is 0 Å². The van der Waals surface area contributed by atoms with Crippen LogP contribution in [0.2, 0.25) is 0 Å². The first kappa shape index (κ1) is 12.7. The van der Waals surface area contributed by atoms with Gasteiger partial charge in [0.1, 0.15) is 5.72 Å². The minimum atomic E-state index is -0.414. The smallest absolute Gasteiger partial charge is 0.397 e. The zero-order chi connectivity index (χ0) is 13.8. The van der Waals surface area contributed by atoms with Crippen molar-refractivity contribution in [2.45, 2.75) is 38.9 Å². The van der Waals surface area contributed by atoms with Crippen LogP contribution in [-0.2, 0) is 16.4 Å². The summed E-state index contributed by atoms with van der Waals surface area (Å²) in [6.07, 6.45) is 0. The molecule has 0 N–H and O–H groups in total. The molecule has 100 valence electrons. The second kappa shape index (κ2) is 3.84. The van der Waals surface area contributed by atoms with Crippen molar-refractivity contribution in [3.8, 4) is 0 Å². The number of para-hydroxylation sites is 2. The number of nitrogens with zero attached hydrogens (tertiary/aromatic N) is 2. The molecule has 4 nitrogen and oxygen atoms in total. The summed E-state index contributed by atoms with van der Waals surface area (Å²) in [7, 11) is 1.58. The number of imidazole rings is 1. The number of benzene rings is 1. The van der Waals surface area contributed by atoms with Gasteiger partial charge in [-0.05, 0) is 39.8 Å². The molecule has 0 spiro atoms. The van der Waals surface area contributed by atoms with E-state index >= 15 is 0 Å². The van der Waals surface area contributed by atoms with Crippen LogP contribution in [0.4, 0.5) is 0 Å². The van der Waals surface area contributed by atoms with Crippen molar-refractivity contribution in [2.24, 2.45) is 7.05 Å². The third-order valence-corrected chi connectivity index (χ3v) is 4.29. The lowest BCUT2D eigenvalue weighted by molar-refractivity contribution is 0.00578. The quantitative estimate of drug-likeness (QED) is 0.733. The van der Waals surface area contributed by atoms with Crippen LogP contribution in [0.15, 0.2) is 24.3 Å². The SMILES string of the molecule is Cn1c(B2OC(C)(C)C(C)(C)O2)nc2ccccc21. The van der Waals surface area contributed by atoms with Crippen LogP contribution in [0, 0.1) is 0 Å². The van der Waals surface area contributed by atoms with Gasteiger partial charge < -0.3 is 13.9 Å². The molecule has 0 unspecified atom stereocenters. The fourth-order valence-electron chi connectivity index (χ4n) is 2.32. The summed E-state index contributed by atoms with van der Waals surface area (Å²) in [5.74, 6) is 0. The number of aromatic nitrogens is 2. The summed E-state index contributed by atoms with van der Waals surface area (Å²) in [5.41, 5.74) is 2.20. The predicted octanol–water partition coefficient (Wildman–Crippen LogP) is 1.87. The van der Waals surface area contributed by atoms with E-state index in [-0.39, 0.29) is 11.2 Å². The lowest BCUT2D eigenvalue weighted by Crippen LogP contribution is -2.41. The fraction of sp³-hybridized carbons (Fsp3) is 0.500. The molecular formula is C14H19BN2O2. The van der Waals surface area contributed by atoms with Gasteiger partial charge in [-0.3, -0.25) is 0 Å². The summed E-state index contributed by atoms with van der Waals surface area (Å²) >= 11 is 0. The number of hydrogen-bond donors (Lipinski definition) is 0. The first-order chi connectivity index (χ1) is 8.82. The van der Waals surface area contributed by atoms with Gasteiger partial charge in [-0.1, -0.05) is 12.1 Å². The third kappa shape index (κ3) is 1.80. The van der Waals surface area contributed by atoms with Crippen LogP contribution in [0.5, 0.6) is 0 Å². The molecule has 0 saturated carbocycles. The molecule has 19 heavy (non-hydrogen) atoms. The molecule has 1 aliphatic rings. The van der Waals surface area contributed by atoms with Gasteiger partial charge in [0.25, 0.3) is 0 Å². The normalized spacial score (nSPS) is 21.2. The Labute approximate surface area is 113 Å². The molecule has 1 aromatic heterocycles. The van der Waals surface area contributed by atoms with Gasteiger partial charge in [-0.25, -0.2) is 4.98 Å². The van der Waals surface area contributed by atoms with Crippen molar-refractivity contribution >= 4 is 23.9 Å². The maximum atomic E-state index is 6.05. The van der Waals surface area contributed by atoms with E-state index in [2.05, 4.69) is 38.7 Å². The fourth-order valence-corrected chi connectivity index (χ4v) is 2.32. The summed E-state index contributed by atoms with van der Waals surface area (Å²) in [5, 5.41) is 0. The highest BCUT2D eigenvalue weighted by Crippen LogP contribution is 2.36. The van der Waals surface area contributed by atoms with Gasteiger partial charge in [-0.15, -0.1) is 0 Å². The molecule has 5 heteroatoms. The first-order valence-corrected chi connectivity index (χ1v) is 6.59. The highest BCUT2D eigenvalue weighted by Gasteiger charge is 2.53. The van der Waals surface area contributed by atoms with Crippen LogP contribution in [0.25, 0.3) is 11.0 Å². The van der Waals surface area contributed by atoms with E-state index in [1.807, 2.05) is 29.8 Å². The Morgan fingerprint density at radius 1 is 1.05 bits per heavy atom. The van der Waals surface area contributed by atoms with Crippen molar-refractivity contribution in [1.29, 1.82) is 0 Å². The monoisotopic (exact) mass is 258 g/mol. The molecule has 1 aromatic carbocycles. The van der Waals surface area contributed by atoms with Crippen molar-refractivity contribution in [3.05, 3.63) is 24.3 Å². The van der Waals surface area contributed by atoms with Gasteiger partial charge in [0.2, 0.25) is 0 Å². The lowest BCUT2D eigenvalue weighted by Gasteiger charge is -2.32. The molecular weight excluding hydrogens is 239 g/mol. The zero-order valence-electron chi connectivity index (χ0n) is 12.1. The topological polar surface area (TPSA) is 36.3 Å². The van der Waals surface area contributed by atoms with E-state index in [9.17, 15) is 0 Å². The highest BCUT2D eigenvalue weighted by molar-refractivity contribution is 6.60. The molecule has 1 aliphatic heterocycles. The molecule has 0 bridgehead atoms. The standard InChI is InChI=1S/C14H19BN2O2/c1-13(2)14(3,4)19-15(18-13)12-16-10-8-6-7-9-11(10)17(12)5/h6-9H,1-5H3. The van der Waals surface area contributed by atoms with E-state index in [0.717, 1.165) is 16.8 Å². The van der Waals surface area contributed by atoms with Gasteiger partial charge in [0.15, 0.2) is 0 Å². The van der Waals surface area contributed by atoms with E-state index in [0.29, 0.717) is 0 Å². The minimum Gasteiger partial charge on any atom is -0.397 e. The van der Waals surface area contributed by atoms with Gasteiger partial charge in [0.05, 0.1) is 22.2 Å². The van der Waals surface area contributed by atoms with E-state index in [1.165, 1.54) is 0 Å². The van der Waals surface area contributed by atoms with Crippen LogP contribution in [0.1, 0.15) is 27.7 Å². The summed E-state index contributed by atoms with van der Waals surface area (Å²) < 4.78 is 14.1. The largest absolute Gasteiger partial charge is 0.532 e. The molecule has 2 aromatic rings. The van der Waals surface area contributed by atoms with Gasteiger partial charge >= 0.3 is 7.12 Å². The molecule has 1 saturated heterocycles. The second-order valence-corrected chi connectivity index (χ2v) is 6.11. The highest BCUT2D eigenvalue weighted by atomic mass is 16.7. The number of fused-ring (bicyclic) bond motifs is 1. The van der Waals surface area contributed by atoms with Crippen LogP contribution < -0.4 is 5.72 Å². The second-order valence-electron chi connectivity index (χ2n) is 6.11. The van der Waals surface area contributed by atoms with E-state index in [1.54, 1.807) is 0 Å². The maximum Gasteiger partial charge on any atom is 0.532 e. The Morgan fingerprint density at radius 3 is 2.21 bits per heavy atom. The maximum absolute atomic E-state index is 6.05. The lowest BCUT2D eigenvalue weighted by atomic mass is 9.89. The third-order valence-electron chi connectivity index (χ3n) is 4.29. The van der Waals surface area contributed by atoms with Crippen molar-refractivity contribution in [1.82, 2.24) is 9.55 Å². The number of rotatable bonds is 1. The summed E-state index contributed by atoms with van der Waals surface area (Å²) in [4.78, 5) is 4.64. The number of hydrogen-bond acceptors (Lipinski definition) is 3. The molecule has 1 fully saturated rings. The van der Waals surface area contributed by atoms with E-state index < -0.39 is 7.12 Å². The Bertz CT molecular complexity index is 617. The Balaban J connectivity index is 2.05.